The van der Waals surface area contributed by atoms with Gasteiger partial charge in [-0.05, 0) is 43.8 Å². The lowest BCUT2D eigenvalue weighted by atomic mass is 9.90. The van der Waals surface area contributed by atoms with E-state index in [4.69, 9.17) is 0 Å². The van der Waals surface area contributed by atoms with Crippen molar-refractivity contribution in [2.75, 3.05) is 19.6 Å². The third-order valence-electron chi connectivity index (χ3n) is 4.98. The average Bonchev–Trinajstić information content (AvgIpc) is 3.24. The Balaban J connectivity index is 1.69. The number of carbonyl (C=O) groups is 2. The highest BCUT2D eigenvalue weighted by atomic mass is 32.1. The van der Waals surface area contributed by atoms with E-state index >= 15 is 0 Å². The van der Waals surface area contributed by atoms with Gasteiger partial charge in [-0.15, -0.1) is 11.3 Å². The zero-order valence-corrected chi connectivity index (χ0v) is 15.9. The summed E-state index contributed by atoms with van der Waals surface area (Å²) in [5, 5.41) is 14.5. The predicted molar refractivity (Wildman–Crippen MR) is 102 cm³/mol. The third kappa shape index (κ3) is 4.14. The minimum Gasteiger partial charge on any atom is -0.481 e. The van der Waals surface area contributed by atoms with Crippen molar-refractivity contribution in [1.29, 1.82) is 0 Å². The Morgan fingerprint density at radius 2 is 2.04 bits per heavy atom. The first kappa shape index (κ1) is 18.6. The Kier molecular flexibility index (Phi) is 5.44. The number of aryl methyl sites for hydroxylation is 1. The second kappa shape index (κ2) is 7.60. The van der Waals surface area contributed by atoms with Crippen molar-refractivity contribution in [3.05, 3.63) is 57.8 Å². The molecule has 6 heteroatoms. The quantitative estimate of drug-likeness (QED) is 0.818. The summed E-state index contributed by atoms with van der Waals surface area (Å²) >= 11 is 1.61. The summed E-state index contributed by atoms with van der Waals surface area (Å²) in [7, 11) is 0. The molecule has 1 aromatic heterocycles. The molecule has 1 fully saturated rings. The van der Waals surface area contributed by atoms with Gasteiger partial charge in [-0.1, -0.05) is 35.9 Å². The van der Waals surface area contributed by atoms with E-state index in [0.29, 0.717) is 19.5 Å². The number of carboxylic acids is 1. The van der Waals surface area contributed by atoms with Crippen molar-refractivity contribution in [1.82, 2.24) is 10.2 Å². The monoisotopic (exact) mass is 372 g/mol. The Morgan fingerprint density at radius 1 is 1.31 bits per heavy atom. The zero-order valence-electron chi connectivity index (χ0n) is 15.1. The van der Waals surface area contributed by atoms with Crippen LogP contribution < -0.4 is 5.32 Å². The number of nitrogens with one attached hydrogen (secondary N) is 1. The molecule has 2 unspecified atom stereocenters. The van der Waals surface area contributed by atoms with Crippen LogP contribution in [-0.4, -0.2) is 41.5 Å². The van der Waals surface area contributed by atoms with Gasteiger partial charge in [-0.3, -0.25) is 14.5 Å². The minimum atomic E-state index is -0.795. The molecule has 2 aromatic rings. The fraction of sp³-hybridized carbons (Fsp3) is 0.400. The van der Waals surface area contributed by atoms with Crippen LogP contribution in [0.3, 0.4) is 0 Å². The topological polar surface area (TPSA) is 69.6 Å². The summed E-state index contributed by atoms with van der Waals surface area (Å²) in [5.74, 6) is -0.880. The van der Waals surface area contributed by atoms with Crippen molar-refractivity contribution in [3.8, 4) is 0 Å². The molecule has 138 valence electrons. The van der Waals surface area contributed by atoms with Crippen molar-refractivity contribution in [2.24, 2.45) is 5.41 Å². The van der Waals surface area contributed by atoms with Gasteiger partial charge in [0.15, 0.2) is 0 Å². The Hall–Kier alpha value is -2.18. The fourth-order valence-corrected chi connectivity index (χ4v) is 4.11. The summed E-state index contributed by atoms with van der Waals surface area (Å²) in [4.78, 5) is 27.0. The molecular formula is C20H24N2O3S. The van der Waals surface area contributed by atoms with E-state index in [9.17, 15) is 14.7 Å². The smallest absolute Gasteiger partial charge is 0.310 e. The van der Waals surface area contributed by atoms with Gasteiger partial charge >= 0.3 is 5.97 Å². The summed E-state index contributed by atoms with van der Waals surface area (Å²) in [6.07, 6.45) is 0.571. The van der Waals surface area contributed by atoms with Crippen LogP contribution in [0.1, 0.15) is 35.4 Å². The Labute approximate surface area is 157 Å². The van der Waals surface area contributed by atoms with Crippen LogP contribution in [0.4, 0.5) is 0 Å². The van der Waals surface area contributed by atoms with E-state index in [1.54, 1.807) is 18.3 Å². The van der Waals surface area contributed by atoms with E-state index in [2.05, 4.69) is 5.32 Å². The maximum atomic E-state index is 12.6. The van der Waals surface area contributed by atoms with E-state index in [-0.39, 0.29) is 18.5 Å². The Morgan fingerprint density at radius 3 is 2.62 bits per heavy atom. The van der Waals surface area contributed by atoms with E-state index in [0.717, 1.165) is 10.4 Å². The van der Waals surface area contributed by atoms with Crippen LogP contribution >= 0.6 is 11.3 Å². The molecule has 0 bridgehead atoms. The standard InChI is InChI=1S/C20H24N2O3S/c1-14-5-7-15(8-6-14)18(16-4-3-11-26-16)21-17(23)12-22-10-9-20(2,13-22)19(24)25/h3-8,11,18H,9-10,12-13H2,1-2H3,(H,21,23)(H,24,25). The second-order valence-corrected chi connectivity index (χ2v) is 8.23. The summed E-state index contributed by atoms with van der Waals surface area (Å²) < 4.78 is 0. The molecule has 1 aromatic carbocycles. The van der Waals surface area contributed by atoms with E-state index < -0.39 is 11.4 Å². The molecule has 0 spiro atoms. The lowest BCUT2D eigenvalue weighted by Gasteiger charge is -2.22. The van der Waals surface area contributed by atoms with Crippen LogP contribution in [0.5, 0.6) is 0 Å². The summed E-state index contributed by atoms with van der Waals surface area (Å²) in [6.45, 7) is 5.04. The maximum absolute atomic E-state index is 12.6. The van der Waals surface area contributed by atoms with Crippen LogP contribution in [0.15, 0.2) is 41.8 Å². The molecule has 5 nitrogen and oxygen atoms in total. The first-order chi connectivity index (χ1) is 12.4. The molecule has 1 saturated heterocycles. The van der Waals surface area contributed by atoms with E-state index in [1.165, 1.54) is 5.56 Å². The van der Waals surface area contributed by atoms with Crippen LogP contribution in [0, 0.1) is 12.3 Å². The number of amides is 1. The third-order valence-corrected chi connectivity index (χ3v) is 5.92. The van der Waals surface area contributed by atoms with Gasteiger partial charge < -0.3 is 10.4 Å². The minimum absolute atomic E-state index is 0.0846. The molecular weight excluding hydrogens is 348 g/mol. The number of aliphatic carboxylic acids is 1. The van der Waals surface area contributed by atoms with Crippen molar-refractivity contribution >= 4 is 23.2 Å². The molecule has 1 amide bonds. The lowest BCUT2D eigenvalue weighted by molar-refractivity contribution is -0.147. The largest absolute Gasteiger partial charge is 0.481 e. The molecule has 2 N–H and O–H groups in total. The lowest BCUT2D eigenvalue weighted by Crippen LogP contribution is -2.39. The number of thiophene rings is 1. The van der Waals surface area contributed by atoms with E-state index in [1.807, 2.05) is 53.6 Å². The molecule has 1 aliphatic heterocycles. The highest BCUT2D eigenvalue weighted by molar-refractivity contribution is 7.10. The molecule has 1 aliphatic rings. The highest BCUT2D eigenvalue weighted by Crippen LogP contribution is 2.30. The highest BCUT2D eigenvalue weighted by Gasteiger charge is 2.40. The SMILES string of the molecule is Cc1ccc(C(NC(=O)CN2CCC(C)(C(=O)O)C2)c2cccs2)cc1. The summed E-state index contributed by atoms with van der Waals surface area (Å²) in [6, 6.07) is 12.0. The van der Waals surface area contributed by atoms with Gasteiger partial charge in [0, 0.05) is 11.4 Å². The number of carbonyl (C=O) groups excluding carboxylic acids is 1. The Bertz CT molecular complexity index is 773. The summed E-state index contributed by atoms with van der Waals surface area (Å²) in [5.41, 5.74) is 1.46. The van der Waals surface area contributed by atoms with Crippen molar-refractivity contribution in [2.45, 2.75) is 26.3 Å². The first-order valence-corrected chi connectivity index (χ1v) is 9.60. The van der Waals surface area contributed by atoms with Crippen LogP contribution in [-0.2, 0) is 9.59 Å². The van der Waals surface area contributed by atoms with Crippen molar-refractivity contribution in [3.63, 3.8) is 0 Å². The van der Waals surface area contributed by atoms with Gasteiger partial charge in [0.25, 0.3) is 0 Å². The second-order valence-electron chi connectivity index (χ2n) is 7.25. The molecule has 0 aliphatic carbocycles. The van der Waals surface area contributed by atoms with Crippen LogP contribution in [0.2, 0.25) is 0 Å². The number of likely N-dealkylation sites (tertiary alicyclic amines) is 1. The van der Waals surface area contributed by atoms with Gasteiger partial charge in [0.1, 0.15) is 0 Å². The normalized spacial score (nSPS) is 21.5. The molecule has 26 heavy (non-hydrogen) atoms. The number of hydrogen-bond donors (Lipinski definition) is 2. The molecule has 0 saturated carbocycles. The van der Waals surface area contributed by atoms with Gasteiger partial charge in [0.2, 0.25) is 5.91 Å². The molecule has 0 radical (unpaired) electrons. The van der Waals surface area contributed by atoms with Crippen LogP contribution in [0.25, 0.3) is 0 Å². The van der Waals surface area contributed by atoms with Gasteiger partial charge in [-0.25, -0.2) is 0 Å². The zero-order chi connectivity index (χ0) is 18.7. The fourth-order valence-electron chi connectivity index (χ4n) is 3.31. The maximum Gasteiger partial charge on any atom is 0.310 e. The number of nitrogens with zero attached hydrogens (tertiary/aromatic N) is 1. The first-order valence-electron chi connectivity index (χ1n) is 8.72. The predicted octanol–water partition coefficient (Wildman–Crippen LogP) is 3.06. The number of rotatable bonds is 6. The number of hydrogen-bond acceptors (Lipinski definition) is 4. The molecule has 2 heterocycles. The van der Waals surface area contributed by atoms with Gasteiger partial charge in [-0.2, -0.15) is 0 Å². The molecule has 2 atom stereocenters. The van der Waals surface area contributed by atoms with Gasteiger partial charge in [0.05, 0.1) is 18.0 Å². The van der Waals surface area contributed by atoms with Crippen molar-refractivity contribution < 1.29 is 14.7 Å². The number of benzene rings is 1. The average molecular weight is 372 g/mol. The number of carboxylic acid groups (broad SMARTS) is 1. The molecule has 3 rings (SSSR count).